The number of methoxy groups -OCH3 is 1. The van der Waals surface area contributed by atoms with Crippen molar-refractivity contribution in [2.24, 2.45) is 17.6 Å². The monoisotopic (exact) mass is 371 g/mol. The molecule has 2 amide bonds. The zero-order chi connectivity index (χ0) is 20.1. The quantitative estimate of drug-likeness (QED) is 0.601. The molecular weight excluding hydrogens is 334 g/mol. The highest BCUT2D eigenvalue weighted by molar-refractivity contribution is 5.92. The average molecular weight is 372 g/mol. The van der Waals surface area contributed by atoms with Gasteiger partial charge in [-0.1, -0.05) is 41.0 Å². The lowest BCUT2D eigenvalue weighted by Gasteiger charge is -2.41. The number of hydrogen-bond acceptors (Lipinski definition) is 5. The molecule has 7 nitrogen and oxygen atoms in total. The van der Waals surface area contributed by atoms with Crippen LogP contribution in [0.4, 0.5) is 0 Å². The Morgan fingerprint density at radius 2 is 1.81 bits per heavy atom. The molecule has 0 aliphatic carbocycles. The van der Waals surface area contributed by atoms with Crippen LogP contribution in [0.1, 0.15) is 47.5 Å². The highest BCUT2D eigenvalue weighted by Gasteiger charge is 2.44. The van der Waals surface area contributed by atoms with Crippen LogP contribution in [0.5, 0.6) is 0 Å². The van der Waals surface area contributed by atoms with E-state index in [4.69, 9.17) is 15.2 Å². The van der Waals surface area contributed by atoms with Crippen molar-refractivity contribution in [3.05, 3.63) is 0 Å². The third-order valence-electron chi connectivity index (χ3n) is 5.50. The Labute approximate surface area is 158 Å². The topological polar surface area (TPSA) is 93.9 Å². The second-order valence-electron chi connectivity index (χ2n) is 7.85. The van der Waals surface area contributed by atoms with Gasteiger partial charge in [0.15, 0.2) is 0 Å². The predicted octanol–water partition coefficient (Wildman–Crippen LogP) is 1.15. The molecule has 1 rings (SSSR count). The minimum Gasteiger partial charge on any atom is -0.379 e. The van der Waals surface area contributed by atoms with Crippen molar-refractivity contribution < 1.29 is 19.1 Å². The Morgan fingerprint density at radius 1 is 1.23 bits per heavy atom. The van der Waals surface area contributed by atoms with Gasteiger partial charge in [0, 0.05) is 14.2 Å². The SMILES string of the molecule is CCC(C)C(C(CC)OC)N(C)C(=O)C(NC(=O)C1(N)COC1)C(C)C. The molecule has 3 N–H and O–H groups in total. The molecule has 0 bridgehead atoms. The molecule has 1 heterocycles. The van der Waals surface area contributed by atoms with Gasteiger partial charge in [0.2, 0.25) is 11.8 Å². The molecule has 0 aromatic heterocycles. The lowest BCUT2D eigenvalue weighted by molar-refractivity contribution is -0.150. The van der Waals surface area contributed by atoms with Crippen molar-refractivity contribution in [3.8, 4) is 0 Å². The third-order valence-corrected chi connectivity index (χ3v) is 5.50. The fourth-order valence-electron chi connectivity index (χ4n) is 3.40. The van der Waals surface area contributed by atoms with Crippen LogP contribution < -0.4 is 11.1 Å². The van der Waals surface area contributed by atoms with E-state index in [-0.39, 0.29) is 49.0 Å². The lowest BCUT2D eigenvalue weighted by atomic mass is 9.90. The molecule has 0 radical (unpaired) electrons. The van der Waals surface area contributed by atoms with E-state index < -0.39 is 11.6 Å². The summed E-state index contributed by atoms with van der Waals surface area (Å²) < 4.78 is 10.7. The number of carbonyl (C=O) groups is 2. The number of likely N-dealkylation sites (N-methyl/N-ethyl adjacent to an activating group) is 1. The Bertz CT molecular complexity index is 475. The molecule has 0 saturated carbocycles. The number of nitrogens with one attached hydrogen (secondary N) is 1. The van der Waals surface area contributed by atoms with E-state index in [2.05, 4.69) is 26.1 Å². The number of nitrogens with zero attached hydrogens (tertiary/aromatic N) is 1. The van der Waals surface area contributed by atoms with E-state index in [9.17, 15) is 9.59 Å². The summed E-state index contributed by atoms with van der Waals surface area (Å²) in [4.78, 5) is 27.5. The summed E-state index contributed by atoms with van der Waals surface area (Å²) in [5.74, 6) is -0.224. The highest BCUT2D eigenvalue weighted by atomic mass is 16.5. The molecule has 1 saturated heterocycles. The second kappa shape index (κ2) is 9.67. The largest absolute Gasteiger partial charge is 0.379 e. The molecule has 1 aliphatic heterocycles. The fraction of sp³-hybridized carbons (Fsp3) is 0.895. The number of ether oxygens (including phenoxy) is 2. The van der Waals surface area contributed by atoms with E-state index in [0.29, 0.717) is 0 Å². The van der Waals surface area contributed by atoms with Gasteiger partial charge >= 0.3 is 0 Å². The smallest absolute Gasteiger partial charge is 0.245 e. The van der Waals surface area contributed by atoms with Crippen LogP contribution in [0.25, 0.3) is 0 Å². The van der Waals surface area contributed by atoms with Gasteiger partial charge < -0.3 is 25.4 Å². The van der Waals surface area contributed by atoms with Crippen LogP contribution in [0, 0.1) is 11.8 Å². The first kappa shape index (κ1) is 22.9. The van der Waals surface area contributed by atoms with Crippen molar-refractivity contribution in [2.75, 3.05) is 27.4 Å². The Kier molecular flexibility index (Phi) is 8.50. The van der Waals surface area contributed by atoms with Crippen LogP contribution in [-0.2, 0) is 19.1 Å². The normalized spacial score (nSPS) is 20.7. The van der Waals surface area contributed by atoms with Crippen molar-refractivity contribution in [1.82, 2.24) is 10.2 Å². The first-order valence-corrected chi connectivity index (χ1v) is 9.59. The third kappa shape index (κ3) is 4.96. The summed E-state index contributed by atoms with van der Waals surface area (Å²) in [6.07, 6.45) is 1.69. The molecule has 0 aromatic rings. The van der Waals surface area contributed by atoms with Crippen molar-refractivity contribution in [3.63, 3.8) is 0 Å². The number of nitrogens with two attached hydrogens (primary N) is 1. The van der Waals surface area contributed by atoms with Gasteiger partial charge in [0.25, 0.3) is 0 Å². The molecule has 7 heteroatoms. The summed E-state index contributed by atoms with van der Waals surface area (Å²) in [5, 5.41) is 2.85. The zero-order valence-electron chi connectivity index (χ0n) is 17.4. The molecule has 4 unspecified atom stereocenters. The number of hydrogen-bond donors (Lipinski definition) is 2. The summed E-state index contributed by atoms with van der Waals surface area (Å²) in [7, 11) is 3.48. The summed E-state index contributed by atoms with van der Waals surface area (Å²) in [6, 6.07) is -0.686. The molecule has 0 aromatic carbocycles. The highest BCUT2D eigenvalue weighted by Crippen LogP contribution is 2.23. The van der Waals surface area contributed by atoms with Crippen LogP contribution in [-0.4, -0.2) is 67.8 Å². The standard InChI is InChI=1S/C19H37N3O4/c1-8-13(5)16(14(9-2)25-7)22(6)17(23)15(12(3)4)21-18(24)19(20)10-26-11-19/h12-16H,8-11,20H2,1-7H3,(H,21,24). The van der Waals surface area contributed by atoms with Gasteiger partial charge in [-0.25, -0.2) is 0 Å². The van der Waals surface area contributed by atoms with Crippen molar-refractivity contribution in [2.45, 2.75) is 71.2 Å². The van der Waals surface area contributed by atoms with E-state index in [1.807, 2.05) is 13.8 Å². The summed E-state index contributed by atoms with van der Waals surface area (Å²) in [6.45, 7) is 10.5. The summed E-state index contributed by atoms with van der Waals surface area (Å²) >= 11 is 0. The Hall–Kier alpha value is -1.18. The second-order valence-corrected chi connectivity index (χ2v) is 7.85. The fourth-order valence-corrected chi connectivity index (χ4v) is 3.40. The zero-order valence-corrected chi connectivity index (χ0v) is 17.4. The van der Waals surface area contributed by atoms with E-state index in [1.165, 1.54) is 0 Å². The Balaban J connectivity index is 2.98. The van der Waals surface area contributed by atoms with Crippen molar-refractivity contribution in [1.29, 1.82) is 0 Å². The van der Waals surface area contributed by atoms with Crippen LogP contribution in [0.2, 0.25) is 0 Å². The maximum Gasteiger partial charge on any atom is 0.245 e. The van der Waals surface area contributed by atoms with Gasteiger partial charge in [-0.15, -0.1) is 0 Å². The predicted molar refractivity (Wildman–Crippen MR) is 102 cm³/mol. The van der Waals surface area contributed by atoms with Gasteiger partial charge in [-0.3, -0.25) is 9.59 Å². The van der Waals surface area contributed by atoms with E-state index >= 15 is 0 Å². The average Bonchev–Trinajstić information content (AvgIpc) is 2.59. The number of rotatable bonds is 10. The molecule has 26 heavy (non-hydrogen) atoms. The molecule has 152 valence electrons. The van der Waals surface area contributed by atoms with Gasteiger partial charge in [-0.05, 0) is 18.3 Å². The minimum absolute atomic E-state index is 0.0525. The maximum absolute atomic E-state index is 13.2. The minimum atomic E-state index is -1.03. The van der Waals surface area contributed by atoms with Crippen LogP contribution in [0.3, 0.4) is 0 Å². The first-order valence-electron chi connectivity index (χ1n) is 9.59. The molecule has 1 aliphatic rings. The molecular formula is C19H37N3O4. The van der Waals surface area contributed by atoms with Gasteiger partial charge in [-0.2, -0.15) is 0 Å². The number of carbonyl (C=O) groups excluding carboxylic acids is 2. The van der Waals surface area contributed by atoms with Crippen LogP contribution in [0.15, 0.2) is 0 Å². The Morgan fingerprint density at radius 3 is 2.15 bits per heavy atom. The lowest BCUT2D eigenvalue weighted by Crippen LogP contribution is -2.69. The van der Waals surface area contributed by atoms with Gasteiger partial charge in [0.1, 0.15) is 11.6 Å². The molecule has 0 spiro atoms. The van der Waals surface area contributed by atoms with Crippen LogP contribution >= 0.6 is 0 Å². The van der Waals surface area contributed by atoms with E-state index in [1.54, 1.807) is 19.1 Å². The molecule has 4 atom stereocenters. The summed E-state index contributed by atoms with van der Waals surface area (Å²) in [5.41, 5.74) is 4.98. The van der Waals surface area contributed by atoms with E-state index in [0.717, 1.165) is 12.8 Å². The number of amides is 2. The van der Waals surface area contributed by atoms with Crippen molar-refractivity contribution >= 4 is 11.8 Å². The maximum atomic E-state index is 13.2. The molecule has 1 fully saturated rings. The van der Waals surface area contributed by atoms with Gasteiger partial charge in [0.05, 0.1) is 25.4 Å². The first-order chi connectivity index (χ1) is 12.1.